The summed E-state index contributed by atoms with van der Waals surface area (Å²) in [6.45, 7) is 1.97. The van der Waals surface area contributed by atoms with E-state index in [-0.39, 0.29) is 12.2 Å². The molecule has 0 radical (unpaired) electrons. The lowest BCUT2D eigenvalue weighted by Gasteiger charge is -2.24. The number of halogens is 1. The molecule has 6 nitrogen and oxygen atoms in total. The van der Waals surface area contributed by atoms with Crippen molar-refractivity contribution in [3.8, 4) is 5.75 Å². The number of fused-ring (bicyclic) bond motifs is 1. The van der Waals surface area contributed by atoms with Crippen LogP contribution in [0.15, 0.2) is 81.4 Å². The molecule has 0 fully saturated rings. The average Bonchev–Trinajstić information content (AvgIpc) is 3.52. The van der Waals surface area contributed by atoms with E-state index in [4.69, 9.17) is 26.1 Å². The van der Waals surface area contributed by atoms with Crippen LogP contribution in [0.4, 0.5) is 0 Å². The Bertz CT molecular complexity index is 1640. The van der Waals surface area contributed by atoms with Crippen molar-refractivity contribution in [3.05, 3.63) is 112 Å². The molecule has 9 heteroatoms. The number of thiophene rings is 1. The van der Waals surface area contributed by atoms with Crippen molar-refractivity contribution >= 4 is 52.0 Å². The number of hydrogen-bond donors (Lipinski definition) is 0. The number of nitrogens with zero attached hydrogens (tertiary/aromatic N) is 2. The Morgan fingerprint density at radius 2 is 1.97 bits per heavy atom. The highest BCUT2D eigenvalue weighted by Gasteiger charge is 2.35. The second-order valence-corrected chi connectivity index (χ2v) is 10.2. The van der Waals surface area contributed by atoms with Crippen LogP contribution < -0.4 is 19.6 Å². The number of carbonyl (C=O) groups excluding carboxylic acids is 1. The largest absolute Gasteiger partial charge is 0.495 e. The van der Waals surface area contributed by atoms with Gasteiger partial charge in [0, 0.05) is 10.4 Å². The van der Waals surface area contributed by atoms with Crippen LogP contribution >= 0.6 is 34.3 Å². The first-order chi connectivity index (χ1) is 17.5. The summed E-state index contributed by atoms with van der Waals surface area (Å²) >= 11 is 9.05. The van der Waals surface area contributed by atoms with E-state index in [1.165, 1.54) is 22.7 Å². The van der Waals surface area contributed by atoms with Crippen LogP contribution in [0.25, 0.3) is 11.8 Å². The summed E-state index contributed by atoms with van der Waals surface area (Å²) in [5.74, 6) is 0.0641. The first-order valence-corrected chi connectivity index (χ1v) is 13.2. The summed E-state index contributed by atoms with van der Waals surface area (Å²) < 4.78 is 12.8. The molecule has 2 aromatic carbocycles. The maximum Gasteiger partial charge on any atom is 0.338 e. The molecule has 0 saturated carbocycles. The van der Waals surface area contributed by atoms with Crippen LogP contribution in [0.5, 0.6) is 5.75 Å². The van der Waals surface area contributed by atoms with Crippen molar-refractivity contribution in [2.75, 3.05) is 13.7 Å². The summed E-state index contributed by atoms with van der Waals surface area (Å²) in [6, 6.07) is 18.0. The van der Waals surface area contributed by atoms with Crippen LogP contribution in [0.3, 0.4) is 0 Å². The molecule has 182 valence electrons. The zero-order valence-corrected chi connectivity index (χ0v) is 21.8. The van der Waals surface area contributed by atoms with Gasteiger partial charge in [-0.25, -0.2) is 9.79 Å². The molecule has 4 aromatic rings. The molecule has 36 heavy (non-hydrogen) atoms. The molecule has 0 bridgehead atoms. The minimum atomic E-state index is -0.655. The van der Waals surface area contributed by atoms with Crippen LogP contribution in [-0.2, 0) is 9.53 Å². The first kappa shape index (κ1) is 24.2. The minimum absolute atomic E-state index is 0.213. The van der Waals surface area contributed by atoms with Crippen molar-refractivity contribution < 1.29 is 14.3 Å². The van der Waals surface area contributed by atoms with Gasteiger partial charge in [-0.15, -0.1) is 11.3 Å². The second kappa shape index (κ2) is 10.3. The summed E-state index contributed by atoms with van der Waals surface area (Å²) in [4.78, 5) is 33.3. The molecule has 2 aromatic heterocycles. The van der Waals surface area contributed by atoms with E-state index in [1.807, 2.05) is 53.9 Å². The predicted molar refractivity (Wildman–Crippen MR) is 143 cm³/mol. The SMILES string of the molecule is CCOC(=O)C1=C(c2ccccc2)N=c2s/c(=C/c3ccc(OC)c(Cl)c3)c(=O)n2[C@@H]1c1cccs1. The highest BCUT2D eigenvalue weighted by Crippen LogP contribution is 2.36. The normalized spacial score (nSPS) is 15.4. The number of rotatable bonds is 6. The third-order valence-electron chi connectivity index (χ3n) is 5.66. The molecule has 0 amide bonds. The molecule has 0 saturated heterocycles. The Labute approximate surface area is 220 Å². The molecule has 0 N–H and O–H groups in total. The second-order valence-electron chi connectivity index (χ2n) is 7.84. The molecular weight excluding hydrogens is 516 g/mol. The summed E-state index contributed by atoms with van der Waals surface area (Å²) in [5.41, 5.74) is 2.15. The van der Waals surface area contributed by atoms with E-state index in [1.54, 1.807) is 36.8 Å². The summed E-state index contributed by atoms with van der Waals surface area (Å²) in [5, 5.41) is 2.38. The summed E-state index contributed by atoms with van der Waals surface area (Å²) in [7, 11) is 1.55. The zero-order valence-electron chi connectivity index (χ0n) is 19.4. The van der Waals surface area contributed by atoms with Crippen molar-refractivity contribution in [2.45, 2.75) is 13.0 Å². The topological polar surface area (TPSA) is 69.9 Å². The van der Waals surface area contributed by atoms with Gasteiger partial charge in [-0.1, -0.05) is 65.4 Å². The van der Waals surface area contributed by atoms with Gasteiger partial charge in [0.1, 0.15) is 11.8 Å². The van der Waals surface area contributed by atoms with E-state index in [0.29, 0.717) is 31.4 Å². The van der Waals surface area contributed by atoms with E-state index < -0.39 is 12.0 Å². The highest BCUT2D eigenvalue weighted by molar-refractivity contribution is 7.10. The number of benzene rings is 2. The third-order valence-corrected chi connectivity index (χ3v) is 7.86. The number of aromatic nitrogens is 1. The number of thiazole rings is 1. The monoisotopic (exact) mass is 536 g/mol. The quantitative estimate of drug-likeness (QED) is 0.336. The van der Waals surface area contributed by atoms with Gasteiger partial charge in [0.25, 0.3) is 5.56 Å². The number of ether oxygens (including phenoxy) is 2. The predicted octanol–water partition coefficient (Wildman–Crippen LogP) is 4.66. The van der Waals surface area contributed by atoms with Crippen LogP contribution in [0.1, 0.15) is 29.0 Å². The Hall–Kier alpha value is -3.46. The van der Waals surface area contributed by atoms with E-state index in [2.05, 4.69) is 0 Å². The highest BCUT2D eigenvalue weighted by atomic mass is 35.5. The van der Waals surface area contributed by atoms with Gasteiger partial charge in [-0.3, -0.25) is 9.36 Å². The molecule has 1 atom stereocenters. The van der Waals surface area contributed by atoms with E-state index >= 15 is 0 Å². The maximum absolute atomic E-state index is 13.8. The molecule has 1 aliphatic rings. The van der Waals surface area contributed by atoms with Gasteiger partial charge in [-0.05, 0) is 42.1 Å². The van der Waals surface area contributed by atoms with Gasteiger partial charge in [-0.2, -0.15) is 0 Å². The lowest BCUT2D eigenvalue weighted by Crippen LogP contribution is -2.39. The molecule has 0 unspecified atom stereocenters. The van der Waals surface area contributed by atoms with Gasteiger partial charge < -0.3 is 9.47 Å². The van der Waals surface area contributed by atoms with Crippen LogP contribution in [0, 0.1) is 0 Å². The Balaban J connectivity index is 1.78. The lowest BCUT2D eigenvalue weighted by molar-refractivity contribution is -0.138. The zero-order chi connectivity index (χ0) is 25.2. The summed E-state index contributed by atoms with van der Waals surface area (Å²) in [6.07, 6.45) is 1.77. The molecule has 3 heterocycles. The fourth-order valence-corrected chi connectivity index (χ4v) is 6.17. The average molecular weight is 537 g/mol. The van der Waals surface area contributed by atoms with Crippen molar-refractivity contribution in [2.24, 2.45) is 4.99 Å². The smallest absolute Gasteiger partial charge is 0.338 e. The van der Waals surface area contributed by atoms with Crippen LogP contribution in [0.2, 0.25) is 5.02 Å². The maximum atomic E-state index is 13.8. The van der Waals surface area contributed by atoms with Crippen molar-refractivity contribution in [1.82, 2.24) is 4.57 Å². The van der Waals surface area contributed by atoms with E-state index in [9.17, 15) is 9.59 Å². The molecule has 5 rings (SSSR count). The van der Waals surface area contributed by atoms with E-state index in [0.717, 1.165) is 16.0 Å². The molecule has 1 aliphatic heterocycles. The third kappa shape index (κ3) is 4.43. The standard InChI is InChI=1S/C27H21ClN2O4S2/c1-3-34-26(32)22-23(17-8-5-4-6-9-17)29-27-30(24(22)20-10-7-13-35-20)25(31)21(36-27)15-16-11-12-19(33-2)18(28)14-16/h4-15,24H,3H2,1-2H3/b21-15+/t24-/m1/s1. The molecule has 0 spiro atoms. The number of methoxy groups -OCH3 is 1. The fraction of sp³-hybridized carbons (Fsp3) is 0.148. The molecular formula is C27H21ClN2O4S2. The van der Waals surface area contributed by atoms with Gasteiger partial charge >= 0.3 is 5.97 Å². The number of carbonyl (C=O) groups is 1. The van der Waals surface area contributed by atoms with Crippen molar-refractivity contribution in [3.63, 3.8) is 0 Å². The Morgan fingerprint density at radius 3 is 2.64 bits per heavy atom. The fourth-order valence-electron chi connectivity index (χ4n) is 4.08. The first-order valence-electron chi connectivity index (χ1n) is 11.2. The number of hydrogen-bond acceptors (Lipinski definition) is 7. The Morgan fingerprint density at radius 1 is 1.17 bits per heavy atom. The minimum Gasteiger partial charge on any atom is -0.495 e. The van der Waals surface area contributed by atoms with Crippen molar-refractivity contribution in [1.29, 1.82) is 0 Å². The van der Waals surface area contributed by atoms with Gasteiger partial charge in [0.05, 0.1) is 34.5 Å². The van der Waals surface area contributed by atoms with Gasteiger partial charge in [0.2, 0.25) is 0 Å². The lowest BCUT2D eigenvalue weighted by atomic mass is 9.97. The van der Waals surface area contributed by atoms with Gasteiger partial charge in [0.15, 0.2) is 4.80 Å². The Kier molecular flexibility index (Phi) is 6.91. The van der Waals surface area contributed by atoms with Crippen LogP contribution in [-0.4, -0.2) is 24.3 Å². The molecule has 0 aliphatic carbocycles. The number of esters is 1.